The Morgan fingerprint density at radius 2 is 1.21 bits per heavy atom. The van der Waals surface area contributed by atoms with E-state index >= 15 is 0 Å². The maximum absolute atomic E-state index is 13.3. The molecule has 0 amide bonds. The van der Waals surface area contributed by atoms with Gasteiger partial charge in [-0.25, -0.2) is 0 Å². The molecule has 0 spiro atoms. The molecule has 0 unspecified atom stereocenters. The first kappa shape index (κ1) is 15.8. The summed E-state index contributed by atoms with van der Waals surface area (Å²) >= 11 is 0. The number of rotatable bonds is 3. The van der Waals surface area contributed by atoms with E-state index in [1.165, 1.54) is 0 Å². The molecular formula is C12H11F7. The lowest BCUT2D eigenvalue weighted by molar-refractivity contribution is -0.359. The average Bonchev–Trinajstić information content (AvgIpc) is 2.27. The second-order valence-electron chi connectivity index (χ2n) is 4.42. The first-order valence-corrected chi connectivity index (χ1v) is 5.34. The predicted molar refractivity (Wildman–Crippen MR) is 55.4 cm³/mol. The van der Waals surface area contributed by atoms with E-state index in [9.17, 15) is 30.7 Å². The molecule has 0 fully saturated rings. The van der Waals surface area contributed by atoms with E-state index in [-0.39, 0.29) is 5.92 Å². The van der Waals surface area contributed by atoms with Crippen LogP contribution < -0.4 is 0 Å². The summed E-state index contributed by atoms with van der Waals surface area (Å²) in [5, 5.41) is 0. The Balaban J connectivity index is 3.20. The number of alkyl halides is 7. The second-order valence-corrected chi connectivity index (χ2v) is 4.42. The highest BCUT2D eigenvalue weighted by Gasteiger charge is 2.73. The van der Waals surface area contributed by atoms with Crippen LogP contribution in [0.5, 0.6) is 0 Å². The molecule has 1 aromatic rings. The fraction of sp³-hybridized carbons (Fsp3) is 0.500. The van der Waals surface area contributed by atoms with Crippen LogP contribution in [0.3, 0.4) is 0 Å². The van der Waals surface area contributed by atoms with E-state index in [1.807, 2.05) is 0 Å². The van der Waals surface area contributed by atoms with Gasteiger partial charge in [0, 0.05) is 5.56 Å². The van der Waals surface area contributed by atoms with E-state index in [4.69, 9.17) is 0 Å². The Bertz CT molecular complexity index is 428. The quantitative estimate of drug-likeness (QED) is 0.679. The lowest BCUT2D eigenvalue weighted by atomic mass is 9.97. The van der Waals surface area contributed by atoms with Crippen molar-refractivity contribution < 1.29 is 30.7 Å². The summed E-state index contributed by atoms with van der Waals surface area (Å²) in [5.41, 5.74) is -0.797. The zero-order valence-electron chi connectivity index (χ0n) is 10.0. The number of benzene rings is 1. The third-order valence-corrected chi connectivity index (χ3v) is 2.69. The minimum atomic E-state index is -6.31. The van der Waals surface area contributed by atoms with Gasteiger partial charge in [0.25, 0.3) is 0 Å². The van der Waals surface area contributed by atoms with Crippen molar-refractivity contribution in [2.45, 2.75) is 37.8 Å². The maximum atomic E-state index is 13.3. The lowest BCUT2D eigenvalue weighted by Crippen LogP contribution is -2.50. The van der Waals surface area contributed by atoms with Crippen molar-refractivity contribution >= 4 is 0 Å². The zero-order valence-corrected chi connectivity index (χ0v) is 10.0. The molecule has 0 aromatic heterocycles. The summed E-state index contributed by atoms with van der Waals surface area (Å²) in [4.78, 5) is 0. The molecular weight excluding hydrogens is 277 g/mol. The van der Waals surface area contributed by atoms with Crippen LogP contribution in [0.15, 0.2) is 24.3 Å². The average molecular weight is 288 g/mol. The summed E-state index contributed by atoms with van der Waals surface area (Å²) < 4.78 is 88.1. The first-order valence-electron chi connectivity index (χ1n) is 5.34. The molecule has 0 nitrogen and oxygen atoms in total. The number of hydrogen-bond acceptors (Lipinski definition) is 0. The molecule has 0 atom stereocenters. The highest BCUT2D eigenvalue weighted by molar-refractivity contribution is 5.29. The van der Waals surface area contributed by atoms with Gasteiger partial charge in [-0.15, -0.1) is 0 Å². The van der Waals surface area contributed by atoms with Gasteiger partial charge in [0.1, 0.15) is 0 Å². The topological polar surface area (TPSA) is 0 Å². The van der Waals surface area contributed by atoms with Gasteiger partial charge in [-0.05, 0) is 11.5 Å². The molecule has 0 radical (unpaired) electrons. The summed E-state index contributed by atoms with van der Waals surface area (Å²) in [5.74, 6) is -11.5. The molecule has 0 saturated carbocycles. The van der Waals surface area contributed by atoms with Gasteiger partial charge >= 0.3 is 18.0 Å². The Labute approximate surface area is 105 Å². The van der Waals surface area contributed by atoms with Crippen molar-refractivity contribution in [3.63, 3.8) is 0 Å². The Morgan fingerprint density at radius 3 is 1.53 bits per heavy atom. The van der Waals surface area contributed by atoms with E-state index in [0.29, 0.717) is 17.7 Å². The smallest absolute Gasteiger partial charge is 0.194 e. The van der Waals surface area contributed by atoms with Crippen LogP contribution in [-0.2, 0) is 5.92 Å². The minimum absolute atomic E-state index is 0.0502. The summed E-state index contributed by atoms with van der Waals surface area (Å²) in [7, 11) is 0. The van der Waals surface area contributed by atoms with Gasteiger partial charge in [0.2, 0.25) is 0 Å². The Morgan fingerprint density at radius 1 is 0.789 bits per heavy atom. The monoisotopic (exact) mass is 288 g/mol. The van der Waals surface area contributed by atoms with Gasteiger partial charge in [-0.3, -0.25) is 0 Å². The zero-order chi connectivity index (χ0) is 15.1. The third-order valence-electron chi connectivity index (χ3n) is 2.69. The molecule has 0 N–H and O–H groups in total. The van der Waals surface area contributed by atoms with E-state index in [0.717, 1.165) is 12.1 Å². The van der Waals surface area contributed by atoms with Crippen LogP contribution >= 0.6 is 0 Å². The molecule has 0 aliphatic carbocycles. The van der Waals surface area contributed by atoms with Gasteiger partial charge < -0.3 is 0 Å². The fourth-order valence-electron chi connectivity index (χ4n) is 1.44. The standard InChI is InChI=1S/C12H11F7/c1-7(2)8-3-5-9(6-4-8)10(13,14)11(15,16)12(17,18)19/h3-7H,1-2H3. The molecule has 19 heavy (non-hydrogen) atoms. The molecule has 0 saturated heterocycles. The first-order chi connectivity index (χ1) is 8.41. The van der Waals surface area contributed by atoms with Crippen molar-refractivity contribution in [1.82, 2.24) is 0 Å². The molecule has 1 rings (SSSR count). The molecule has 7 heteroatoms. The molecule has 0 aliphatic heterocycles. The highest BCUT2D eigenvalue weighted by Crippen LogP contribution is 2.51. The predicted octanol–water partition coefficient (Wildman–Crippen LogP) is 5.10. The normalized spacial score (nSPS) is 14.0. The van der Waals surface area contributed by atoms with E-state index in [1.54, 1.807) is 13.8 Å². The second kappa shape index (κ2) is 4.68. The van der Waals surface area contributed by atoms with Crippen molar-refractivity contribution in [2.24, 2.45) is 0 Å². The molecule has 1 aromatic carbocycles. The van der Waals surface area contributed by atoms with Gasteiger partial charge in [0.05, 0.1) is 0 Å². The van der Waals surface area contributed by atoms with Crippen LogP contribution in [0.25, 0.3) is 0 Å². The number of hydrogen-bond donors (Lipinski definition) is 0. The summed E-state index contributed by atoms with van der Waals surface area (Å²) in [6, 6.07) is 3.41. The largest absolute Gasteiger partial charge is 0.460 e. The minimum Gasteiger partial charge on any atom is -0.194 e. The SMILES string of the molecule is CC(C)c1ccc(C(F)(F)C(F)(F)C(F)(F)F)cc1. The maximum Gasteiger partial charge on any atom is 0.460 e. The van der Waals surface area contributed by atoms with Gasteiger partial charge in [-0.1, -0.05) is 38.1 Å². The van der Waals surface area contributed by atoms with Crippen molar-refractivity contribution in [1.29, 1.82) is 0 Å². The van der Waals surface area contributed by atoms with Crippen LogP contribution in [0.2, 0.25) is 0 Å². The van der Waals surface area contributed by atoms with Crippen molar-refractivity contribution in [3.8, 4) is 0 Å². The van der Waals surface area contributed by atoms with E-state index in [2.05, 4.69) is 0 Å². The third kappa shape index (κ3) is 2.69. The highest BCUT2D eigenvalue weighted by atomic mass is 19.4. The fourth-order valence-corrected chi connectivity index (χ4v) is 1.44. The lowest BCUT2D eigenvalue weighted by Gasteiger charge is -2.28. The Kier molecular flexibility index (Phi) is 3.89. The van der Waals surface area contributed by atoms with Gasteiger partial charge in [0.15, 0.2) is 0 Å². The molecule has 0 heterocycles. The Hall–Kier alpha value is -1.27. The van der Waals surface area contributed by atoms with Crippen LogP contribution in [-0.4, -0.2) is 12.1 Å². The van der Waals surface area contributed by atoms with Crippen LogP contribution in [0.4, 0.5) is 30.7 Å². The van der Waals surface area contributed by atoms with Crippen molar-refractivity contribution in [2.75, 3.05) is 0 Å². The van der Waals surface area contributed by atoms with Crippen LogP contribution in [0, 0.1) is 0 Å². The van der Waals surface area contributed by atoms with Gasteiger partial charge in [-0.2, -0.15) is 30.7 Å². The van der Waals surface area contributed by atoms with Crippen molar-refractivity contribution in [3.05, 3.63) is 35.4 Å². The molecule has 0 aliphatic rings. The molecule has 0 bridgehead atoms. The summed E-state index contributed by atoms with van der Waals surface area (Å²) in [6.45, 7) is 3.47. The van der Waals surface area contributed by atoms with E-state index < -0.39 is 23.6 Å². The number of halogens is 7. The van der Waals surface area contributed by atoms with Crippen LogP contribution in [0.1, 0.15) is 30.9 Å². The summed E-state index contributed by atoms with van der Waals surface area (Å²) in [6.07, 6.45) is -6.31. The molecule has 108 valence electrons.